The van der Waals surface area contributed by atoms with Crippen molar-refractivity contribution in [3.05, 3.63) is 65.1 Å². The maximum Gasteiger partial charge on any atom is 0.155 e. The molecule has 4 aromatic rings. The number of ketones is 1. The number of nitrogens with one attached hydrogen (secondary N) is 2. The molecule has 44 heavy (non-hydrogen) atoms. The Morgan fingerprint density at radius 1 is 1.20 bits per heavy atom. The van der Waals surface area contributed by atoms with Crippen molar-refractivity contribution in [2.45, 2.75) is 32.0 Å². The average molecular weight is 642 g/mol. The van der Waals surface area contributed by atoms with Gasteiger partial charge >= 0.3 is 0 Å². The summed E-state index contributed by atoms with van der Waals surface area (Å²) in [6.45, 7) is 5.48. The first kappa shape index (κ1) is 31.5. The Morgan fingerprint density at radius 2 is 1.98 bits per heavy atom. The van der Waals surface area contributed by atoms with E-state index in [1.807, 2.05) is 18.3 Å². The number of hydrogen-bond acceptors (Lipinski definition) is 10. The number of aromatic nitrogens is 4. The molecule has 0 spiro atoms. The molecule has 13 heteroatoms. The van der Waals surface area contributed by atoms with Crippen LogP contribution in [0.25, 0.3) is 22.0 Å². The molecule has 0 unspecified atom stereocenters. The SMILES string of the molecule is C=CC(=O)C[C@H]1CCOC[C@H]1Nc1cc2c(NCc3cnn(CCO)c3)nc(-c3c(Cl)c(OC)cc(OC)c3Cl)cc2cn1. The Hall–Kier alpha value is -3.90. The number of benzene rings is 1. The maximum absolute atomic E-state index is 12.1. The molecule has 1 aliphatic heterocycles. The van der Waals surface area contributed by atoms with E-state index in [1.54, 1.807) is 23.1 Å². The lowest BCUT2D eigenvalue weighted by Gasteiger charge is -2.32. The molecule has 3 N–H and O–H groups in total. The molecule has 232 valence electrons. The lowest BCUT2D eigenvalue weighted by Crippen LogP contribution is -2.39. The third-order valence-electron chi connectivity index (χ3n) is 7.54. The number of hydrogen-bond donors (Lipinski definition) is 3. The summed E-state index contributed by atoms with van der Waals surface area (Å²) in [5.41, 5.74) is 1.86. The Labute approximate surface area is 265 Å². The molecule has 0 bridgehead atoms. The summed E-state index contributed by atoms with van der Waals surface area (Å²) in [6, 6.07) is 5.31. The number of aliphatic hydroxyl groups is 1. The number of anilines is 2. The Morgan fingerprint density at radius 3 is 2.68 bits per heavy atom. The molecule has 1 aromatic carbocycles. The lowest BCUT2D eigenvalue weighted by atomic mass is 9.89. The highest BCUT2D eigenvalue weighted by Crippen LogP contribution is 2.46. The van der Waals surface area contributed by atoms with Gasteiger partial charge in [0.2, 0.25) is 0 Å². The van der Waals surface area contributed by atoms with E-state index >= 15 is 0 Å². The third kappa shape index (κ3) is 6.91. The van der Waals surface area contributed by atoms with Gasteiger partial charge in [-0.25, -0.2) is 9.97 Å². The summed E-state index contributed by atoms with van der Waals surface area (Å²) >= 11 is 13.5. The number of allylic oxidation sites excluding steroid dienone is 1. The van der Waals surface area contributed by atoms with Gasteiger partial charge < -0.3 is 30.0 Å². The van der Waals surface area contributed by atoms with Gasteiger partial charge in [0.1, 0.15) is 23.1 Å². The van der Waals surface area contributed by atoms with Gasteiger partial charge in [0.15, 0.2) is 5.78 Å². The van der Waals surface area contributed by atoms with E-state index in [9.17, 15) is 9.90 Å². The van der Waals surface area contributed by atoms with Gasteiger partial charge in [0, 0.05) is 59.9 Å². The van der Waals surface area contributed by atoms with Gasteiger partial charge in [-0.1, -0.05) is 29.8 Å². The van der Waals surface area contributed by atoms with E-state index in [4.69, 9.17) is 42.4 Å². The minimum atomic E-state index is -0.0968. The molecule has 0 saturated carbocycles. The zero-order chi connectivity index (χ0) is 31.2. The van der Waals surface area contributed by atoms with Crippen molar-refractivity contribution < 1.29 is 24.1 Å². The Kier molecular flexibility index (Phi) is 10.2. The molecule has 11 nitrogen and oxygen atoms in total. The number of pyridine rings is 2. The molecule has 1 aliphatic rings. The van der Waals surface area contributed by atoms with Crippen molar-refractivity contribution in [2.75, 3.05) is 44.7 Å². The molecule has 0 aliphatic carbocycles. The average Bonchev–Trinajstić information content (AvgIpc) is 3.48. The van der Waals surface area contributed by atoms with E-state index in [1.165, 1.54) is 20.3 Å². The van der Waals surface area contributed by atoms with E-state index in [-0.39, 0.29) is 24.3 Å². The van der Waals surface area contributed by atoms with Gasteiger partial charge in [0.05, 0.1) is 62.0 Å². The molecule has 0 amide bonds. The minimum absolute atomic E-state index is 0.00666. The first-order valence-electron chi connectivity index (χ1n) is 14.1. The molecular formula is C31H34Cl2N6O5. The van der Waals surface area contributed by atoms with E-state index in [2.05, 4.69) is 27.3 Å². The first-order chi connectivity index (χ1) is 21.3. The molecule has 5 rings (SSSR count). The minimum Gasteiger partial charge on any atom is -0.495 e. The van der Waals surface area contributed by atoms with Crippen LogP contribution < -0.4 is 20.1 Å². The number of nitrogens with zero attached hydrogens (tertiary/aromatic N) is 4. The molecule has 2 atom stereocenters. The van der Waals surface area contributed by atoms with Crippen molar-refractivity contribution in [3.63, 3.8) is 0 Å². The van der Waals surface area contributed by atoms with Crippen LogP contribution in [-0.2, 0) is 22.6 Å². The normalized spacial score (nSPS) is 16.5. The number of halogens is 2. The third-order valence-corrected chi connectivity index (χ3v) is 8.29. The number of aliphatic hydroxyl groups excluding tert-OH is 1. The van der Waals surface area contributed by atoms with E-state index in [0.29, 0.717) is 77.2 Å². The van der Waals surface area contributed by atoms with Crippen molar-refractivity contribution in [3.8, 4) is 22.8 Å². The fourth-order valence-corrected chi connectivity index (χ4v) is 5.92. The van der Waals surface area contributed by atoms with Gasteiger partial charge in [0.25, 0.3) is 0 Å². The summed E-state index contributed by atoms with van der Waals surface area (Å²) in [5.74, 6) is 2.07. The Bertz CT molecular complexity index is 1630. The van der Waals surface area contributed by atoms with Crippen LogP contribution in [0.15, 0.2) is 49.4 Å². The van der Waals surface area contributed by atoms with Gasteiger partial charge in [-0.2, -0.15) is 5.10 Å². The lowest BCUT2D eigenvalue weighted by molar-refractivity contribution is -0.116. The highest BCUT2D eigenvalue weighted by Gasteiger charge is 2.28. The van der Waals surface area contributed by atoms with Crippen LogP contribution in [0.2, 0.25) is 10.0 Å². The molecule has 1 saturated heterocycles. The second-order valence-corrected chi connectivity index (χ2v) is 11.1. The summed E-state index contributed by atoms with van der Waals surface area (Å²) in [5, 5.41) is 22.6. The van der Waals surface area contributed by atoms with Crippen molar-refractivity contribution >= 4 is 51.4 Å². The van der Waals surface area contributed by atoms with Crippen LogP contribution in [0.1, 0.15) is 18.4 Å². The smallest absolute Gasteiger partial charge is 0.155 e. The quantitative estimate of drug-likeness (QED) is 0.163. The molecule has 0 radical (unpaired) electrons. The van der Waals surface area contributed by atoms with Crippen LogP contribution in [-0.4, -0.2) is 70.7 Å². The molecule has 3 aromatic heterocycles. The summed E-state index contributed by atoms with van der Waals surface area (Å²) < 4.78 is 18.4. The van der Waals surface area contributed by atoms with Crippen molar-refractivity contribution in [1.29, 1.82) is 0 Å². The first-order valence-corrected chi connectivity index (χ1v) is 14.9. The van der Waals surface area contributed by atoms with Crippen molar-refractivity contribution in [2.24, 2.45) is 5.92 Å². The summed E-state index contributed by atoms with van der Waals surface area (Å²) in [7, 11) is 3.04. The number of fused-ring (bicyclic) bond motifs is 1. The monoisotopic (exact) mass is 640 g/mol. The second-order valence-electron chi connectivity index (χ2n) is 10.4. The largest absolute Gasteiger partial charge is 0.495 e. The van der Waals surface area contributed by atoms with Crippen LogP contribution in [0.5, 0.6) is 11.5 Å². The highest BCUT2D eigenvalue weighted by molar-refractivity contribution is 6.41. The highest BCUT2D eigenvalue weighted by atomic mass is 35.5. The summed E-state index contributed by atoms with van der Waals surface area (Å²) in [6.07, 6.45) is 7.87. The Balaban J connectivity index is 1.55. The number of rotatable bonds is 13. The van der Waals surface area contributed by atoms with Crippen LogP contribution in [0.3, 0.4) is 0 Å². The number of carbonyl (C=O) groups excluding carboxylic acids is 1. The zero-order valence-electron chi connectivity index (χ0n) is 24.5. The predicted octanol–water partition coefficient (Wildman–Crippen LogP) is 5.38. The van der Waals surface area contributed by atoms with Crippen molar-refractivity contribution in [1.82, 2.24) is 19.7 Å². The topological polar surface area (TPSA) is 133 Å². The van der Waals surface area contributed by atoms with E-state index in [0.717, 1.165) is 22.8 Å². The second kappa shape index (κ2) is 14.3. The van der Waals surface area contributed by atoms with E-state index < -0.39 is 0 Å². The fourth-order valence-electron chi connectivity index (χ4n) is 5.22. The van der Waals surface area contributed by atoms with Crippen LogP contribution in [0.4, 0.5) is 11.6 Å². The van der Waals surface area contributed by atoms with Crippen LogP contribution >= 0.6 is 23.2 Å². The molecule has 1 fully saturated rings. The number of methoxy groups -OCH3 is 2. The fraction of sp³-hybridized carbons (Fsp3) is 0.355. The molecule has 4 heterocycles. The van der Waals surface area contributed by atoms with Gasteiger partial charge in [-0.15, -0.1) is 0 Å². The maximum atomic E-state index is 12.1. The standard InChI is InChI=1S/C31H34Cl2N6O5/c1-4-21(41)9-19-5-8-44-17-24(19)37-27-11-22-20(15-34-27)10-23(28-29(32)25(42-2)12-26(43-3)30(28)33)38-31(22)35-13-18-14-36-39(16-18)6-7-40/h4,10-12,14-16,19,24,40H,1,5-9,13,17H2,2-3H3,(H,34,37)(H,35,38)/t19-,24-/m1/s1. The number of ether oxygens (including phenoxy) is 3. The van der Waals surface area contributed by atoms with Gasteiger partial charge in [-0.3, -0.25) is 9.48 Å². The molecular weight excluding hydrogens is 607 g/mol. The predicted molar refractivity (Wildman–Crippen MR) is 171 cm³/mol. The zero-order valence-corrected chi connectivity index (χ0v) is 26.0. The van der Waals surface area contributed by atoms with Gasteiger partial charge in [-0.05, 0) is 30.5 Å². The summed E-state index contributed by atoms with van der Waals surface area (Å²) in [4.78, 5) is 21.8. The number of carbonyl (C=O) groups is 1. The van der Waals surface area contributed by atoms with Crippen LogP contribution in [0, 0.1) is 5.92 Å².